The molecular weight excluding hydrogens is 283 g/mol. The van der Waals surface area contributed by atoms with Crippen molar-refractivity contribution in [2.45, 2.75) is 20.0 Å². The average Bonchev–Trinajstić information content (AvgIpc) is 2.37. The number of hydrogen-bond acceptors (Lipinski definition) is 5. The van der Waals surface area contributed by atoms with Crippen LogP contribution in [0.1, 0.15) is 12.7 Å². The van der Waals surface area contributed by atoms with E-state index in [4.69, 9.17) is 0 Å². The lowest BCUT2D eigenvalue weighted by Gasteiger charge is -2.35. The maximum absolute atomic E-state index is 12.4. The fourth-order valence-electron chi connectivity index (χ4n) is 2.37. The zero-order valence-electron chi connectivity index (χ0n) is 12.2. The third kappa shape index (κ3) is 4.73. The minimum Gasteiger partial charge on any atom is -0.370 e. The molecule has 1 saturated heterocycles. The van der Waals surface area contributed by atoms with Crippen LogP contribution in [0.15, 0.2) is 6.07 Å². The number of aromatic nitrogens is 2. The Balaban J connectivity index is 1.98. The SMILES string of the molecule is CCNc1cc(N2CCN(CC(F)(F)F)CC2)nc(C)n1. The van der Waals surface area contributed by atoms with Crippen LogP contribution < -0.4 is 10.2 Å². The van der Waals surface area contributed by atoms with Crippen molar-refractivity contribution in [3.8, 4) is 0 Å². The molecule has 118 valence electrons. The fraction of sp³-hybridized carbons (Fsp3) is 0.692. The number of aryl methyl sites for hydroxylation is 1. The first kappa shape index (κ1) is 15.8. The van der Waals surface area contributed by atoms with Gasteiger partial charge in [0.05, 0.1) is 6.54 Å². The number of alkyl halides is 3. The number of piperazine rings is 1. The molecule has 0 saturated carbocycles. The van der Waals surface area contributed by atoms with Crippen LogP contribution in [-0.2, 0) is 0 Å². The first-order valence-electron chi connectivity index (χ1n) is 7.01. The van der Waals surface area contributed by atoms with Crippen molar-refractivity contribution in [2.24, 2.45) is 0 Å². The minimum absolute atomic E-state index is 0.388. The third-order valence-corrected chi connectivity index (χ3v) is 3.28. The number of hydrogen-bond donors (Lipinski definition) is 1. The van der Waals surface area contributed by atoms with E-state index in [1.54, 1.807) is 0 Å². The Morgan fingerprint density at radius 1 is 1.19 bits per heavy atom. The van der Waals surface area contributed by atoms with Gasteiger partial charge in [-0.15, -0.1) is 0 Å². The molecule has 1 N–H and O–H groups in total. The van der Waals surface area contributed by atoms with Crippen molar-refractivity contribution in [3.63, 3.8) is 0 Å². The van der Waals surface area contributed by atoms with Gasteiger partial charge in [-0.25, -0.2) is 9.97 Å². The molecule has 1 fully saturated rings. The van der Waals surface area contributed by atoms with Gasteiger partial charge in [0.15, 0.2) is 0 Å². The lowest BCUT2D eigenvalue weighted by atomic mass is 10.3. The molecule has 1 aliphatic heterocycles. The number of rotatable bonds is 4. The zero-order valence-corrected chi connectivity index (χ0v) is 12.2. The van der Waals surface area contributed by atoms with Gasteiger partial charge >= 0.3 is 6.18 Å². The lowest BCUT2D eigenvalue weighted by Crippen LogP contribution is -2.49. The van der Waals surface area contributed by atoms with Gasteiger partial charge < -0.3 is 10.2 Å². The highest BCUT2D eigenvalue weighted by molar-refractivity contribution is 5.49. The molecule has 0 aliphatic carbocycles. The average molecular weight is 303 g/mol. The maximum atomic E-state index is 12.4. The Kier molecular flexibility index (Phi) is 4.87. The van der Waals surface area contributed by atoms with Crippen molar-refractivity contribution in [1.29, 1.82) is 0 Å². The second-order valence-electron chi connectivity index (χ2n) is 5.07. The number of halogens is 3. The fourth-order valence-corrected chi connectivity index (χ4v) is 2.37. The van der Waals surface area contributed by atoms with E-state index in [9.17, 15) is 13.2 Å². The smallest absolute Gasteiger partial charge is 0.370 e. The quantitative estimate of drug-likeness (QED) is 0.920. The van der Waals surface area contributed by atoms with Gasteiger partial charge in [-0.3, -0.25) is 4.90 Å². The molecule has 1 aliphatic rings. The van der Waals surface area contributed by atoms with Crippen LogP contribution in [0.3, 0.4) is 0 Å². The first-order chi connectivity index (χ1) is 9.87. The Labute approximate surface area is 122 Å². The van der Waals surface area contributed by atoms with Gasteiger partial charge in [0.1, 0.15) is 17.5 Å². The summed E-state index contributed by atoms with van der Waals surface area (Å²) >= 11 is 0. The number of nitrogens with one attached hydrogen (secondary N) is 1. The summed E-state index contributed by atoms with van der Waals surface area (Å²) < 4.78 is 37.1. The second-order valence-corrected chi connectivity index (χ2v) is 5.07. The predicted octanol–water partition coefficient (Wildman–Crippen LogP) is 1.90. The predicted molar refractivity (Wildman–Crippen MR) is 75.6 cm³/mol. The van der Waals surface area contributed by atoms with Gasteiger partial charge in [-0.1, -0.05) is 0 Å². The topological polar surface area (TPSA) is 44.3 Å². The van der Waals surface area contributed by atoms with Crippen molar-refractivity contribution in [1.82, 2.24) is 14.9 Å². The highest BCUT2D eigenvalue weighted by Gasteiger charge is 2.32. The second kappa shape index (κ2) is 6.46. The molecular formula is C13H20F3N5. The van der Waals surface area contributed by atoms with Gasteiger partial charge in [0.2, 0.25) is 0 Å². The van der Waals surface area contributed by atoms with E-state index in [0.29, 0.717) is 32.0 Å². The molecule has 0 unspecified atom stereocenters. The van der Waals surface area contributed by atoms with Crippen LogP contribution in [0.5, 0.6) is 0 Å². The largest absolute Gasteiger partial charge is 0.401 e. The molecule has 8 heteroatoms. The van der Waals surface area contributed by atoms with Crippen LogP contribution in [0.2, 0.25) is 0 Å². The van der Waals surface area contributed by atoms with Crippen LogP contribution in [0.4, 0.5) is 24.8 Å². The molecule has 0 spiro atoms. The normalized spacial score (nSPS) is 17.1. The summed E-state index contributed by atoms with van der Waals surface area (Å²) in [5.74, 6) is 2.17. The Morgan fingerprint density at radius 2 is 1.86 bits per heavy atom. The monoisotopic (exact) mass is 303 g/mol. The molecule has 0 amide bonds. The molecule has 2 heterocycles. The van der Waals surface area contributed by atoms with Crippen molar-refractivity contribution >= 4 is 11.6 Å². The summed E-state index contributed by atoms with van der Waals surface area (Å²) in [5.41, 5.74) is 0. The molecule has 1 aromatic rings. The Hall–Kier alpha value is -1.57. The maximum Gasteiger partial charge on any atom is 0.401 e. The number of anilines is 2. The van der Waals surface area contributed by atoms with Gasteiger partial charge in [0.25, 0.3) is 0 Å². The van der Waals surface area contributed by atoms with Crippen LogP contribution >= 0.6 is 0 Å². The van der Waals surface area contributed by atoms with E-state index in [2.05, 4.69) is 15.3 Å². The van der Waals surface area contributed by atoms with Crippen LogP contribution in [0, 0.1) is 6.92 Å². The minimum atomic E-state index is -4.13. The summed E-state index contributed by atoms with van der Waals surface area (Å²) in [5, 5.41) is 3.13. The van der Waals surface area contributed by atoms with Gasteiger partial charge in [-0.05, 0) is 13.8 Å². The zero-order chi connectivity index (χ0) is 15.5. The van der Waals surface area contributed by atoms with E-state index in [1.165, 1.54) is 4.90 Å². The van der Waals surface area contributed by atoms with Gasteiger partial charge in [0, 0.05) is 38.8 Å². The Morgan fingerprint density at radius 3 is 2.43 bits per heavy atom. The molecule has 21 heavy (non-hydrogen) atoms. The highest BCUT2D eigenvalue weighted by Crippen LogP contribution is 2.20. The summed E-state index contributed by atoms with van der Waals surface area (Å²) in [4.78, 5) is 12.1. The number of nitrogens with zero attached hydrogens (tertiary/aromatic N) is 4. The summed E-state index contributed by atoms with van der Waals surface area (Å²) in [6.07, 6.45) is -4.13. The van der Waals surface area contributed by atoms with E-state index in [0.717, 1.165) is 18.2 Å². The molecule has 0 atom stereocenters. The van der Waals surface area contributed by atoms with Gasteiger partial charge in [-0.2, -0.15) is 13.2 Å². The van der Waals surface area contributed by atoms with E-state index >= 15 is 0 Å². The van der Waals surface area contributed by atoms with E-state index in [1.807, 2.05) is 24.8 Å². The lowest BCUT2D eigenvalue weighted by molar-refractivity contribution is -0.146. The van der Waals surface area contributed by atoms with Crippen molar-refractivity contribution in [2.75, 3.05) is 49.5 Å². The molecule has 0 aromatic carbocycles. The standard InChI is InChI=1S/C13H20F3N5/c1-3-17-11-8-12(19-10(2)18-11)21-6-4-20(5-7-21)9-13(14,15)16/h8H,3-7,9H2,1-2H3,(H,17,18,19). The first-order valence-corrected chi connectivity index (χ1v) is 7.01. The molecule has 0 radical (unpaired) electrons. The molecule has 1 aromatic heterocycles. The molecule has 2 rings (SSSR count). The third-order valence-electron chi connectivity index (χ3n) is 3.28. The summed E-state index contributed by atoms with van der Waals surface area (Å²) in [6.45, 7) is 5.56. The van der Waals surface area contributed by atoms with E-state index < -0.39 is 12.7 Å². The van der Waals surface area contributed by atoms with Crippen molar-refractivity contribution in [3.05, 3.63) is 11.9 Å². The Bertz CT molecular complexity index is 469. The molecule has 0 bridgehead atoms. The van der Waals surface area contributed by atoms with Crippen LogP contribution in [-0.4, -0.2) is 60.3 Å². The highest BCUT2D eigenvalue weighted by atomic mass is 19.4. The molecule has 5 nitrogen and oxygen atoms in total. The van der Waals surface area contributed by atoms with Crippen LogP contribution in [0.25, 0.3) is 0 Å². The summed E-state index contributed by atoms with van der Waals surface area (Å²) in [7, 11) is 0. The van der Waals surface area contributed by atoms with Crippen molar-refractivity contribution < 1.29 is 13.2 Å². The summed E-state index contributed by atoms with van der Waals surface area (Å²) in [6, 6.07) is 1.84. The van der Waals surface area contributed by atoms with E-state index in [-0.39, 0.29) is 0 Å².